The van der Waals surface area contributed by atoms with Gasteiger partial charge in [0.05, 0.1) is 0 Å². The van der Waals surface area contributed by atoms with Crippen molar-refractivity contribution in [3.8, 4) is 0 Å². The largest absolute Gasteiger partial charge is 0.361 e. The first-order valence-corrected chi connectivity index (χ1v) is 7.44. The van der Waals surface area contributed by atoms with Crippen molar-refractivity contribution in [3.63, 3.8) is 0 Å². The van der Waals surface area contributed by atoms with Crippen molar-refractivity contribution in [2.45, 2.75) is 29.4 Å². The molecule has 4 nitrogen and oxygen atoms in total. The van der Waals surface area contributed by atoms with Crippen molar-refractivity contribution in [1.29, 1.82) is 0 Å². The van der Waals surface area contributed by atoms with Gasteiger partial charge in [-0.25, -0.2) is 0 Å². The molecule has 5 heteroatoms. The number of hydrogen-bond donors (Lipinski definition) is 1. The number of aromatic nitrogens is 1. The van der Waals surface area contributed by atoms with Crippen LogP contribution in [0.1, 0.15) is 29.1 Å². The molecular formula is C15H16N2O2S. The number of carbonyl (C=O) groups is 1. The van der Waals surface area contributed by atoms with E-state index in [1.807, 2.05) is 30.0 Å². The van der Waals surface area contributed by atoms with Crippen LogP contribution in [0, 0.1) is 6.92 Å². The topological polar surface area (TPSA) is 55.1 Å². The van der Waals surface area contributed by atoms with E-state index >= 15 is 0 Å². The molecule has 1 fully saturated rings. The van der Waals surface area contributed by atoms with Gasteiger partial charge in [-0.2, -0.15) is 0 Å². The minimum atomic E-state index is -0.165. The number of amides is 1. The summed E-state index contributed by atoms with van der Waals surface area (Å²) >= 11 is 1.84. The monoisotopic (exact) mass is 288 g/mol. The molecule has 1 aromatic heterocycles. The van der Waals surface area contributed by atoms with Gasteiger partial charge >= 0.3 is 0 Å². The Morgan fingerprint density at radius 1 is 1.40 bits per heavy atom. The highest BCUT2D eigenvalue weighted by Crippen LogP contribution is 2.51. The zero-order chi connectivity index (χ0) is 14.0. The van der Waals surface area contributed by atoms with Crippen molar-refractivity contribution in [3.05, 3.63) is 47.9 Å². The van der Waals surface area contributed by atoms with Crippen LogP contribution in [-0.4, -0.2) is 22.4 Å². The van der Waals surface area contributed by atoms with Gasteiger partial charge in [-0.3, -0.25) is 4.79 Å². The van der Waals surface area contributed by atoms with Crippen LogP contribution in [0.5, 0.6) is 0 Å². The van der Waals surface area contributed by atoms with Crippen LogP contribution in [0.25, 0.3) is 0 Å². The fraction of sp³-hybridized carbons (Fsp3) is 0.333. The smallest absolute Gasteiger partial charge is 0.273 e. The summed E-state index contributed by atoms with van der Waals surface area (Å²) in [5, 5.41) is 6.68. The van der Waals surface area contributed by atoms with Gasteiger partial charge in [0.1, 0.15) is 5.76 Å². The fourth-order valence-electron chi connectivity index (χ4n) is 2.00. The molecule has 2 aromatic rings. The first-order chi connectivity index (χ1) is 9.67. The summed E-state index contributed by atoms with van der Waals surface area (Å²) in [4.78, 5) is 13.2. The molecule has 0 aliphatic heterocycles. The highest BCUT2D eigenvalue weighted by atomic mass is 32.2. The van der Waals surface area contributed by atoms with Crippen molar-refractivity contribution in [1.82, 2.24) is 10.5 Å². The Hall–Kier alpha value is -1.75. The molecule has 3 rings (SSSR count). The lowest BCUT2D eigenvalue weighted by Gasteiger charge is -2.15. The van der Waals surface area contributed by atoms with Gasteiger partial charge in [-0.05, 0) is 31.9 Å². The van der Waals surface area contributed by atoms with E-state index in [1.165, 1.54) is 4.90 Å². The van der Waals surface area contributed by atoms with Crippen molar-refractivity contribution < 1.29 is 9.32 Å². The molecule has 1 amide bonds. The normalized spacial score (nSPS) is 15.8. The van der Waals surface area contributed by atoms with Crippen molar-refractivity contribution in [2.75, 3.05) is 6.54 Å². The van der Waals surface area contributed by atoms with Crippen LogP contribution in [0.3, 0.4) is 0 Å². The van der Waals surface area contributed by atoms with E-state index < -0.39 is 0 Å². The Morgan fingerprint density at radius 2 is 2.15 bits per heavy atom. The summed E-state index contributed by atoms with van der Waals surface area (Å²) in [7, 11) is 0. The molecule has 1 aromatic carbocycles. The van der Waals surface area contributed by atoms with Gasteiger partial charge in [-0.15, -0.1) is 11.8 Å². The molecule has 0 saturated heterocycles. The average Bonchev–Trinajstić information content (AvgIpc) is 3.08. The SMILES string of the molecule is Cc1cc(C(=O)NCC2(Sc3ccccc3)CC2)no1. The zero-order valence-electron chi connectivity index (χ0n) is 11.3. The minimum Gasteiger partial charge on any atom is -0.361 e. The van der Waals surface area contributed by atoms with Gasteiger partial charge in [0.15, 0.2) is 5.69 Å². The molecule has 104 valence electrons. The van der Waals surface area contributed by atoms with Crippen LogP contribution in [0.2, 0.25) is 0 Å². The highest BCUT2D eigenvalue weighted by molar-refractivity contribution is 8.01. The molecule has 1 aliphatic carbocycles. The van der Waals surface area contributed by atoms with Gasteiger partial charge in [0, 0.05) is 22.3 Å². The van der Waals surface area contributed by atoms with E-state index in [2.05, 4.69) is 22.6 Å². The Labute approximate surface area is 121 Å². The summed E-state index contributed by atoms with van der Waals surface area (Å²) in [6.07, 6.45) is 2.26. The first-order valence-electron chi connectivity index (χ1n) is 6.62. The highest BCUT2D eigenvalue weighted by Gasteiger charge is 2.44. The maximum atomic E-state index is 11.9. The molecule has 0 radical (unpaired) electrons. The molecule has 0 spiro atoms. The molecular weight excluding hydrogens is 272 g/mol. The molecule has 1 N–H and O–H groups in total. The summed E-state index contributed by atoms with van der Waals surface area (Å²) in [6.45, 7) is 2.44. The number of thioether (sulfide) groups is 1. The average molecular weight is 288 g/mol. The predicted molar refractivity (Wildman–Crippen MR) is 77.8 cm³/mol. The van der Waals surface area contributed by atoms with E-state index in [0.717, 1.165) is 12.8 Å². The third kappa shape index (κ3) is 3.04. The first kappa shape index (κ1) is 13.2. The van der Waals surface area contributed by atoms with Gasteiger partial charge in [0.25, 0.3) is 5.91 Å². The third-order valence-corrected chi connectivity index (χ3v) is 4.81. The predicted octanol–water partition coefficient (Wildman–Crippen LogP) is 3.04. The van der Waals surface area contributed by atoms with Crippen LogP contribution in [0.15, 0.2) is 45.8 Å². The Balaban J connectivity index is 1.57. The molecule has 1 heterocycles. The van der Waals surface area contributed by atoms with E-state index in [4.69, 9.17) is 4.52 Å². The van der Waals surface area contributed by atoms with Crippen molar-refractivity contribution in [2.24, 2.45) is 0 Å². The summed E-state index contributed by atoms with van der Waals surface area (Å²) in [5.41, 5.74) is 0.350. The summed E-state index contributed by atoms with van der Waals surface area (Å²) in [6, 6.07) is 11.9. The molecule has 0 unspecified atom stereocenters. The maximum absolute atomic E-state index is 11.9. The summed E-state index contributed by atoms with van der Waals surface area (Å²) < 4.78 is 5.06. The molecule has 0 bridgehead atoms. The number of hydrogen-bond acceptors (Lipinski definition) is 4. The summed E-state index contributed by atoms with van der Waals surface area (Å²) in [5.74, 6) is 0.483. The second kappa shape index (κ2) is 5.32. The quantitative estimate of drug-likeness (QED) is 0.918. The number of carbonyl (C=O) groups excluding carboxylic acids is 1. The van der Waals surface area contributed by atoms with Crippen LogP contribution in [0.4, 0.5) is 0 Å². The third-order valence-electron chi connectivity index (χ3n) is 3.32. The second-order valence-corrected chi connectivity index (χ2v) is 6.65. The number of aryl methyl sites for hydroxylation is 1. The van der Waals surface area contributed by atoms with E-state index in [-0.39, 0.29) is 10.7 Å². The fourth-order valence-corrected chi connectivity index (χ4v) is 3.24. The molecule has 1 saturated carbocycles. The maximum Gasteiger partial charge on any atom is 0.273 e. The van der Waals surface area contributed by atoms with E-state index in [0.29, 0.717) is 18.0 Å². The molecule has 20 heavy (non-hydrogen) atoms. The number of rotatable bonds is 5. The Bertz CT molecular complexity index is 605. The Morgan fingerprint density at radius 3 is 2.75 bits per heavy atom. The number of nitrogens with zero attached hydrogens (tertiary/aromatic N) is 1. The van der Waals surface area contributed by atoms with Crippen LogP contribution < -0.4 is 5.32 Å². The van der Waals surface area contributed by atoms with Crippen molar-refractivity contribution >= 4 is 17.7 Å². The van der Waals surface area contributed by atoms with Gasteiger partial charge in [0.2, 0.25) is 0 Å². The lowest BCUT2D eigenvalue weighted by molar-refractivity contribution is 0.0944. The Kier molecular flexibility index (Phi) is 3.53. The van der Waals surface area contributed by atoms with Crippen LogP contribution >= 0.6 is 11.8 Å². The van der Waals surface area contributed by atoms with E-state index in [9.17, 15) is 4.79 Å². The number of nitrogens with one attached hydrogen (secondary N) is 1. The zero-order valence-corrected chi connectivity index (χ0v) is 12.1. The van der Waals surface area contributed by atoms with Gasteiger partial charge < -0.3 is 9.84 Å². The lowest BCUT2D eigenvalue weighted by atomic mass is 10.3. The molecule has 1 aliphatic rings. The van der Waals surface area contributed by atoms with E-state index in [1.54, 1.807) is 13.0 Å². The van der Waals surface area contributed by atoms with Crippen LogP contribution in [-0.2, 0) is 0 Å². The second-order valence-electron chi connectivity index (χ2n) is 5.10. The lowest BCUT2D eigenvalue weighted by Crippen LogP contribution is -2.31. The molecule has 0 atom stereocenters. The van der Waals surface area contributed by atoms with Gasteiger partial charge in [-0.1, -0.05) is 23.4 Å². The standard InChI is InChI=1S/C15H16N2O2S/c1-11-9-13(17-19-11)14(18)16-10-15(7-8-15)20-12-5-3-2-4-6-12/h2-6,9H,7-8,10H2,1H3,(H,16,18). The number of benzene rings is 1. The minimum absolute atomic E-state index is 0.149.